The molecule has 1 aromatic heterocycles. The minimum absolute atomic E-state index is 0.231. The number of anilines is 1. The van der Waals surface area contributed by atoms with Crippen molar-refractivity contribution in [3.8, 4) is 0 Å². The van der Waals surface area contributed by atoms with Gasteiger partial charge in [0.2, 0.25) is 7.85 Å². The zero-order valence-electron chi connectivity index (χ0n) is 18.0. The van der Waals surface area contributed by atoms with Crippen LogP contribution in [0, 0.1) is 23.2 Å². The van der Waals surface area contributed by atoms with E-state index < -0.39 is 11.7 Å². The zero-order valence-corrected chi connectivity index (χ0v) is 18.8. The molecule has 162 valence electrons. The van der Waals surface area contributed by atoms with E-state index in [1.54, 1.807) is 6.07 Å². The molecular formula is C23H28BN3O3S. The summed E-state index contributed by atoms with van der Waals surface area (Å²) in [6.45, 7) is 5.16. The standard InChI is InChI=1S/C23H28BN3O3S/c1-15-14-27(12-10-23(15)9-7-16-5-3-4-6-18(16)23)11-8-17(21(28)30-2)19-13-20(31-26-19)25-22(24)29/h3-7,9,13,15-18H,8,10-12,14H2,1-2H3,(H,25,29)/t15-,16?,17?,18?,23-/m0/s1. The van der Waals surface area contributed by atoms with Gasteiger partial charge in [-0.25, -0.2) is 0 Å². The number of aromatic nitrogens is 1. The van der Waals surface area contributed by atoms with E-state index in [0.717, 1.165) is 37.6 Å². The van der Waals surface area contributed by atoms with Crippen LogP contribution in [0.4, 0.5) is 9.80 Å². The Labute approximate surface area is 189 Å². The van der Waals surface area contributed by atoms with Crippen molar-refractivity contribution in [1.29, 1.82) is 0 Å². The predicted molar refractivity (Wildman–Crippen MR) is 123 cm³/mol. The Morgan fingerprint density at radius 1 is 1.39 bits per heavy atom. The molecule has 0 bridgehead atoms. The highest BCUT2D eigenvalue weighted by atomic mass is 32.1. The molecular weight excluding hydrogens is 409 g/mol. The van der Waals surface area contributed by atoms with E-state index in [1.165, 1.54) is 7.11 Å². The van der Waals surface area contributed by atoms with Gasteiger partial charge in [-0.15, -0.1) is 0 Å². The number of hydrogen-bond acceptors (Lipinski definition) is 6. The molecule has 1 aromatic rings. The predicted octanol–water partition coefficient (Wildman–Crippen LogP) is 3.75. The molecule has 8 heteroatoms. The van der Waals surface area contributed by atoms with Crippen LogP contribution < -0.4 is 5.32 Å². The van der Waals surface area contributed by atoms with Crippen LogP contribution in [-0.2, 0) is 9.53 Å². The van der Waals surface area contributed by atoms with E-state index in [4.69, 9.17) is 12.6 Å². The molecule has 1 amide bonds. The van der Waals surface area contributed by atoms with Crippen LogP contribution in [0.1, 0.15) is 31.4 Å². The van der Waals surface area contributed by atoms with Crippen LogP contribution in [0.25, 0.3) is 0 Å². The first-order valence-corrected chi connectivity index (χ1v) is 11.6. The Morgan fingerprint density at radius 3 is 2.94 bits per heavy atom. The number of fused-ring (bicyclic) bond motifs is 2. The Kier molecular flexibility index (Phi) is 6.48. The Hall–Kier alpha value is -2.19. The number of amides is 1. The molecule has 1 aliphatic heterocycles. The lowest BCUT2D eigenvalue weighted by Gasteiger charge is -2.48. The first-order chi connectivity index (χ1) is 14.9. The number of carbonyl (C=O) groups excluding carboxylic acids is 2. The third-order valence-corrected chi connectivity index (χ3v) is 7.81. The van der Waals surface area contributed by atoms with Crippen molar-refractivity contribution in [2.45, 2.75) is 25.7 Å². The van der Waals surface area contributed by atoms with Gasteiger partial charge in [-0.1, -0.05) is 43.4 Å². The van der Waals surface area contributed by atoms with Crippen molar-refractivity contribution in [3.63, 3.8) is 0 Å². The number of nitrogens with one attached hydrogen (secondary N) is 1. The van der Waals surface area contributed by atoms with Crippen molar-refractivity contribution in [1.82, 2.24) is 9.27 Å². The van der Waals surface area contributed by atoms with Crippen LogP contribution in [0.5, 0.6) is 0 Å². The van der Waals surface area contributed by atoms with E-state index in [1.807, 2.05) is 0 Å². The van der Waals surface area contributed by atoms with Gasteiger partial charge in [0.25, 0.3) is 0 Å². The van der Waals surface area contributed by atoms with Crippen LogP contribution in [0.2, 0.25) is 0 Å². The summed E-state index contributed by atoms with van der Waals surface area (Å²) in [6.07, 6.45) is 15.6. The SMILES string of the molecule is [B]C(=O)Nc1cc(C(CCN2CC[C@@]3(C=CC4C=CC=CC43)[C@@H](C)C2)C(=O)OC)ns1. The summed E-state index contributed by atoms with van der Waals surface area (Å²) < 4.78 is 9.37. The van der Waals surface area contributed by atoms with E-state index >= 15 is 0 Å². The second-order valence-electron chi connectivity index (χ2n) is 8.77. The summed E-state index contributed by atoms with van der Waals surface area (Å²) in [5, 5.41) is 3.04. The first kappa shape index (κ1) is 22.0. The van der Waals surface area contributed by atoms with Crippen LogP contribution in [0.3, 0.4) is 0 Å². The molecule has 3 unspecified atom stereocenters. The van der Waals surface area contributed by atoms with Gasteiger partial charge in [-0.3, -0.25) is 9.59 Å². The maximum Gasteiger partial charge on any atom is 0.314 e. The van der Waals surface area contributed by atoms with Crippen LogP contribution >= 0.6 is 11.5 Å². The molecule has 1 N–H and O–H groups in total. The highest BCUT2D eigenvalue weighted by molar-refractivity contribution is 7.10. The summed E-state index contributed by atoms with van der Waals surface area (Å²) in [5.74, 6) is 0.203. The lowest BCUT2D eigenvalue weighted by atomic mass is 9.62. The number of rotatable bonds is 6. The molecule has 1 spiro atoms. The summed E-state index contributed by atoms with van der Waals surface area (Å²) in [7, 11) is 6.57. The van der Waals surface area contributed by atoms with E-state index in [9.17, 15) is 9.59 Å². The second kappa shape index (κ2) is 9.13. The molecule has 3 aliphatic rings. The molecule has 5 atom stereocenters. The topological polar surface area (TPSA) is 71.5 Å². The molecule has 4 rings (SSSR count). The normalized spacial score (nSPS) is 30.3. The van der Waals surface area contributed by atoms with Gasteiger partial charge in [0.1, 0.15) is 10.9 Å². The number of nitrogens with zero attached hydrogens (tertiary/aromatic N) is 2. The number of ether oxygens (including phenoxy) is 1. The first-order valence-electron chi connectivity index (χ1n) is 10.8. The fourth-order valence-electron chi connectivity index (χ4n) is 5.41. The van der Waals surface area contributed by atoms with Crippen molar-refractivity contribution in [3.05, 3.63) is 48.2 Å². The highest BCUT2D eigenvalue weighted by Crippen LogP contribution is 2.53. The molecule has 0 aromatic carbocycles. The van der Waals surface area contributed by atoms with Gasteiger partial charge in [-0.05, 0) is 55.4 Å². The van der Waals surface area contributed by atoms with Gasteiger partial charge in [0, 0.05) is 17.9 Å². The average Bonchev–Trinajstić information content (AvgIpc) is 3.36. The number of allylic oxidation sites excluding steroid dienone is 6. The molecule has 31 heavy (non-hydrogen) atoms. The van der Waals surface area contributed by atoms with Crippen LogP contribution in [-0.4, -0.2) is 55.6 Å². The summed E-state index contributed by atoms with van der Waals surface area (Å²) in [4.78, 5) is 26.0. The summed E-state index contributed by atoms with van der Waals surface area (Å²) in [6, 6.07) is 1.71. The van der Waals surface area contributed by atoms with Crippen molar-refractivity contribution in [2.75, 3.05) is 32.1 Å². The van der Waals surface area contributed by atoms with Crippen molar-refractivity contribution >= 4 is 36.2 Å². The minimum atomic E-state index is -0.646. The lowest BCUT2D eigenvalue weighted by molar-refractivity contribution is -0.142. The Morgan fingerprint density at radius 2 is 2.19 bits per heavy atom. The van der Waals surface area contributed by atoms with E-state index in [0.29, 0.717) is 34.9 Å². The lowest BCUT2D eigenvalue weighted by Crippen LogP contribution is -2.48. The highest BCUT2D eigenvalue weighted by Gasteiger charge is 2.48. The number of likely N-dealkylation sites (tertiary alicyclic amines) is 1. The molecule has 2 aliphatic carbocycles. The smallest absolute Gasteiger partial charge is 0.314 e. The third kappa shape index (κ3) is 4.41. The van der Waals surface area contributed by atoms with E-state index in [-0.39, 0.29) is 11.4 Å². The maximum absolute atomic E-state index is 12.4. The molecule has 2 heterocycles. The fourth-order valence-corrected chi connectivity index (χ4v) is 6.12. The number of piperidine rings is 1. The number of hydrogen-bond donors (Lipinski definition) is 1. The molecule has 0 saturated carbocycles. The molecule has 6 nitrogen and oxygen atoms in total. The van der Waals surface area contributed by atoms with Gasteiger partial charge < -0.3 is 15.0 Å². The summed E-state index contributed by atoms with van der Waals surface area (Å²) >= 11 is 1.12. The van der Waals surface area contributed by atoms with Crippen molar-refractivity contribution in [2.24, 2.45) is 23.2 Å². The fraction of sp³-hybridized carbons (Fsp3) is 0.522. The Bertz CT molecular complexity index is 927. The Balaban J connectivity index is 1.39. The maximum atomic E-state index is 12.4. The molecule has 2 radical (unpaired) electrons. The monoisotopic (exact) mass is 437 g/mol. The summed E-state index contributed by atoms with van der Waals surface area (Å²) in [5.41, 5.74) is 0.844. The van der Waals surface area contributed by atoms with Gasteiger partial charge in [0.15, 0.2) is 5.81 Å². The quantitative estimate of drug-likeness (QED) is 0.417. The number of esters is 1. The number of carbonyl (C=O) groups is 2. The van der Waals surface area contributed by atoms with Gasteiger partial charge >= 0.3 is 5.97 Å². The number of methoxy groups -OCH3 is 1. The largest absolute Gasteiger partial charge is 0.469 e. The van der Waals surface area contributed by atoms with E-state index in [2.05, 4.69) is 58.0 Å². The minimum Gasteiger partial charge on any atom is -0.469 e. The van der Waals surface area contributed by atoms with Crippen molar-refractivity contribution < 1.29 is 14.3 Å². The van der Waals surface area contributed by atoms with Gasteiger partial charge in [0.05, 0.1) is 12.8 Å². The second-order valence-corrected chi connectivity index (χ2v) is 9.57. The molecule has 1 fully saturated rings. The molecule has 1 saturated heterocycles. The van der Waals surface area contributed by atoms with Gasteiger partial charge in [-0.2, -0.15) is 4.37 Å². The zero-order chi connectivity index (χ0) is 22.0. The third-order valence-electron chi connectivity index (χ3n) is 7.09. The average molecular weight is 437 g/mol. The van der Waals surface area contributed by atoms with Crippen LogP contribution in [0.15, 0.2) is 42.5 Å².